The molecule has 3 rings (SSSR count). The minimum absolute atomic E-state index is 0.818. The van der Waals surface area contributed by atoms with Crippen molar-refractivity contribution in [1.82, 2.24) is 24.1 Å². The van der Waals surface area contributed by atoms with Gasteiger partial charge in [0.2, 0.25) is 0 Å². The van der Waals surface area contributed by atoms with Gasteiger partial charge in [0, 0.05) is 18.5 Å². The van der Waals surface area contributed by atoms with Crippen LogP contribution in [0.1, 0.15) is 19.7 Å². The zero-order chi connectivity index (χ0) is 14.7. The van der Waals surface area contributed by atoms with Gasteiger partial charge in [0.05, 0.1) is 0 Å². The van der Waals surface area contributed by atoms with Crippen LogP contribution in [0.3, 0.4) is 0 Å². The third kappa shape index (κ3) is 2.98. The predicted octanol–water partition coefficient (Wildman–Crippen LogP) is 3.53. The molecule has 0 amide bonds. The summed E-state index contributed by atoms with van der Waals surface area (Å²) < 4.78 is 7.32. The lowest BCUT2D eigenvalue weighted by Crippen LogP contribution is -1.99. The molecule has 0 aliphatic rings. The average Bonchev–Trinajstić information content (AvgIpc) is 3.15. The van der Waals surface area contributed by atoms with Crippen LogP contribution in [-0.2, 0) is 13.0 Å². The Morgan fingerprint density at radius 3 is 2.62 bits per heavy atom. The molecule has 0 aliphatic heterocycles. The van der Waals surface area contributed by atoms with Gasteiger partial charge in [-0.25, -0.2) is 4.98 Å². The second-order valence-electron chi connectivity index (χ2n) is 4.35. The molecule has 0 fully saturated rings. The molecule has 108 valence electrons. The molecule has 0 saturated heterocycles. The summed E-state index contributed by atoms with van der Waals surface area (Å²) in [6.45, 7) is 4.97. The molecular weight excluding hydrogens is 302 g/mol. The summed E-state index contributed by atoms with van der Waals surface area (Å²) in [4.78, 5) is 4.47. The summed E-state index contributed by atoms with van der Waals surface area (Å²) in [6.07, 6.45) is 0.854. The molecule has 5 nitrogen and oxygen atoms in total. The first kappa shape index (κ1) is 14.2. The van der Waals surface area contributed by atoms with E-state index in [-0.39, 0.29) is 0 Å². The van der Waals surface area contributed by atoms with E-state index in [1.54, 1.807) is 0 Å². The van der Waals surface area contributed by atoms with Crippen LogP contribution in [0.4, 0.5) is 0 Å². The Labute approximate surface area is 131 Å². The molecule has 7 heteroatoms. The normalized spacial score (nSPS) is 11.0. The standard InChI is InChI=1S/C14H15N5S2/c1-3-11-15-14(21-18-11)20-13-17-16-12(19(13)4-2)10-8-6-5-7-9-10/h5-9H,3-4H2,1-2H3. The molecule has 21 heavy (non-hydrogen) atoms. The van der Waals surface area contributed by atoms with Crippen molar-refractivity contribution >= 4 is 23.3 Å². The second kappa shape index (κ2) is 6.36. The minimum atomic E-state index is 0.818. The molecule has 3 aromatic rings. The first-order valence-electron chi connectivity index (χ1n) is 6.80. The monoisotopic (exact) mass is 317 g/mol. The number of aromatic nitrogens is 5. The highest BCUT2D eigenvalue weighted by molar-refractivity contribution is 8.00. The van der Waals surface area contributed by atoms with Crippen LogP contribution in [0.2, 0.25) is 0 Å². The van der Waals surface area contributed by atoms with Crippen molar-refractivity contribution in [2.45, 2.75) is 36.3 Å². The molecule has 0 saturated carbocycles. The smallest absolute Gasteiger partial charge is 0.198 e. The molecule has 0 atom stereocenters. The highest BCUT2D eigenvalue weighted by Crippen LogP contribution is 2.30. The lowest BCUT2D eigenvalue weighted by Gasteiger charge is -2.05. The van der Waals surface area contributed by atoms with Crippen LogP contribution < -0.4 is 0 Å². The molecule has 0 spiro atoms. The van der Waals surface area contributed by atoms with Crippen molar-refractivity contribution in [3.05, 3.63) is 36.2 Å². The van der Waals surface area contributed by atoms with E-state index in [1.165, 1.54) is 23.3 Å². The Bertz CT molecular complexity index is 720. The number of rotatable bonds is 5. The van der Waals surface area contributed by atoms with Crippen LogP contribution in [0.25, 0.3) is 11.4 Å². The molecule has 0 unspecified atom stereocenters. The molecule has 0 radical (unpaired) electrons. The summed E-state index contributed by atoms with van der Waals surface area (Å²) in [7, 11) is 0. The van der Waals surface area contributed by atoms with Gasteiger partial charge in [-0.3, -0.25) is 0 Å². The summed E-state index contributed by atoms with van der Waals surface area (Å²) >= 11 is 2.94. The molecule has 0 N–H and O–H groups in total. The summed E-state index contributed by atoms with van der Waals surface area (Å²) in [6, 6.07) is 10.1. The maximum absolute atomic E-state index is 4.47. The Morgan fingerprint density at radius 1 is 1.14 bits per heavy atom. The van der Waals surface area contributed by atoms with E-state index in [9.17, 15) is 0 Å². The van der Waals surface area contributed by atoms with Gasteiger partial charge in [0.1, 0.15) is 5.82 Å². The van der Waals surface area contributed by atoms with Crippen LogP contribution in [0, 0.1) is 0 Å². The van der Waals surface area contributed by atoms with Crippen LogP contribution in [0.5, 0.6) is 0 Å². The highest BCUT2D eigenvalue weighted by Gasteiger charge is 2.15. The molecule has 2 heterocycles. The van der Waals surface area contributed by atoms with Crippen molar-refractivity contribution in [1.29, 1.82) is 0 Å². The minimum Gasteiger partial charge on any atom is -0.302 e. The fourth-order valence-electron chi connectivity index (χ4n) is 1.95. The molecule has 0 bridgehead atoms. The Morgan fingerprint density at radius 2 is 1.95 bits per heavy atom. The first-order chi connectivity index (χ1) is 10.3. The predicted molar refractivity (Wildman–Crippen MR) is 84.5 cm³/mol. The Kier molecular flexibility index (Phi) is 4.31. The van der Waals surface area contributed by atoms with Crippen molar-refractivity contribution in [3.63, 3.8) is 0 Å². The van der Waals surface area contributed by atoms with Gasteiger partial charge >= 0.3 is 0 Å². The fraction of sp³-hybridized carbons (Fsp3) is 0.286. The van der Waals surface area contributed by atoms with Crippen molar-refractivity contribution in [2.24, 2.45) is 0 Å². The van der Waals surface area contributed by atoms with E-state index >= 15 is 0 Å². The quantitative estimate of drug-likeness (QED) is 0.720. The highest BCUT2D eigenvalue weighted by atomic mass is 32.2. The van der Waals surface area contributed by atoms with Crippen molar-refractivity contribution < 1.29 is 0 Å². The zero-order valence-corrected chi connectivity index (χ0v) is 13.5. The maximum Gasteiger partial charge on any atom is 0.198 e. The largest absolute Gasteiger partial charge is 0.302 e. The van der Waals surface area contributed by atoms with Gasteiger partial charge in [-0.2, -0.15) is 4.37 Å². The van der Waals surface area contributed by atoms with Crippen molar-refractivity contribution in [3.8, 4) is 11.4 Å². The number of benzene rings is 1. The number of nitrogens with zero attached hydrogens (tertiary/aromatic N) is 5. The summed E-state index contributed by atoms with van der Waals surface area (Å²) in [5.41, 5.74) is 1.07. The van der Waals surface area contributed by atoms with E-state index in [0.717, 1.165) is 39.7 Å². The van der Waals surface area contributed by atoms with Crippen LogP contribution >= 0.6 is 23.3 Å². The van der Waals surface area contributed by atoms with E-state index in [1.807, 2.05) is 30.3 Å². The van der Waals surface area contributed by atoms with Gasteiger partial charge < -0.3 is 4.57 Å². The number of hydrogen-bond acceptors (Lipinski definition) is 6. The van der Waals surface area contributed by atoms with Crippen LogP contribution in [0.15, 0.2) is 39.8 Å². The van der Waals surface area contributed by atoms with Gasteiger partial charge in [0.15, 0.2) is 15.3 Å². The van der Waals surface area contributed by atoms with Crippen molar-refractivity contribution in [2.75, 3.05) is 0 Å². The van der Waals surface area contributed by atoms with Crippen LogP contribution in [-0.4, -0.2) is 24.1 Å². The topological polar surface area (TPSA) is 56.5 Å². The first-order valence-corrected chi connectivity index (χ1v) is 8.39. The van der Waals surface area contributed by atoms with Gasteiger partial charge in [-0.05, 0) is 30.2 Å². The van der Waals surface area contributed by atoms with E-state index < -0.39 is 0 Å². The molecule has 1 aromatic carbocycles. The molecular formula is C14H15N5S2. The van der Waals surface area contributed by atoms with Gasteiger partial charge in [-0.15, -0.1) is 10.2 Å². The van der Waals surface area contributed by atoms with Gasteiger partial charge in [0.25, 0.3) is 0 Å². The third-order valence-electron chi connectivity index (χ3n) is 3.01. The zero-order valence-electron chi connectivity index (χ0n) is 11.9. The van der Waals surface area contributed by atoms with E-state index in [2.05, 4.69) is 38.0 Å². The summed E-state index contributed by atoms with van der Waals surface area (Å²) in [5, 5.41) is 9.49. The number of hydrogen-bond donors (Lipinski definition) is 0. The van der Waals surface area contributed by atoms with Gasteiger partial charge in [-0.1, -0.05) is 37.3 Å². The SMILES string of the molecule is CCc1nsc(Sc2nnc(-c3ccccc3)n2CC)n1. The molecule has 2 aromatic heterocycles. The van der Waals surface area contributed by atoms with E-state index in [0.29, 0.717) is 0 Å². The fourth-order valence-corrected chi connectivity index (χ4v) is 3.65. The third-order valence-corrected chi connectivity index (χ3v) is 4.78. The Hall–Kier alpha value is -1.73. The second-order valence-corrected chi connectivity index (χ2v) is 6.31. The average molecular weight is 317 g/mol. The van der Waals surface area contributed by atoms with E-state index in [4.69, 9.17) is 0 Å². The summed E-state index contributed by atoms with van der Waals surface area (Å²) in [5.74, 6) is 1.77. The lowest BCUT2D eigenvalue weighted by molar-refractivity contribution is 0.687. The molecule has 0 aliphatic carbocycles. The number of aryl methyl sites for hydroxylation is 1. The maximum atomic E-state index is 4.47. The lowest BCUT2D eigenvalue weighted by atomic mass is 10.2. The Balaban J connectivity index is 1.91.